The molecule has 0 saturated heterocycles. The average Bonchev–Trinajstić information content (AvgIpc) is 2.56. The van der Waals surface area contributed by atoms with Crippen LogP contribution in [-0.4, -0.2) is 36.5 Å². The van der Waals surface area contributed by atoms with Gasteiger partial charge in [0.15, 0.2) is 0 Å². The first-order chi connectivity index (χ1) is 10.8. The van der Waals surface area contributed by atoms with E-state index in [4.69, 9.17) is 0 Å². The van der Waals surface area contributed by atoms with E-state index in [2.05, 4.69) is 54.3 Å². The lowest BCUT2D eigenvalue weighted by atomic mass is 9.95. The molecule has 0 aliphatic carbocycles. The van der Waals surface area contributed by atoms with Gasteiger partial charge in [-0.1, -0.05) is 48.5 Å². The van der Waals surface area contributed by atoms with Crippen LogP contribution in [0, 0.1) is 6.92 Å². The van der Waals surface area contributed by atoms with Crippen LogP contribution in [0.15, 0.2) is 48.5 Å². The summed E-state index contributed by atoms with van der Waals surface area (Å²) >= 11 is 0. The van der Waals surface area contributed by atoms with Crippen molar-refractivity contribution in [2.45, 2.75) is 6.92 Å². The maximum Gasteiger partial charge on any atom is 0.0606 e. The van der Waals surface area contributed by atoms with E-state index in [1.165, 1.54) is 27.1 Å². The zero-order valence-electron chi connectivity index (χ0n) is 12.8. The fourth-order valence-corrected chi connectivity index (χ4v) is 3.28. The number of aryl methyl sites for hydroxylation is 1. The fourth-order valence-electron chi connectivity index (χ4n) is 3.28. The van der Waals surface area contributed by atoms with E-state index >= 15 is 0 Å². The average molecular weight is 295 g/mol. The van der Waals surface area contributed by atoms with Gasteiger partial charge in [0.1, 0.15) is 0 Å². The van der Waals surface area contributed by atoms with E-state index in [9.17, 15) is 10.2 Å². The molecule has 0 aliphatic rings. The predicted molar refractivity (Wildman–Crippen MR) is 92.6 cm³/mol. The Labute approximate surface area is 130 Å². The lowest BCUT2D eigenvalue weighted by molar-refractivity contribution is 0.281. The minimum Gasteiger partial charge on any atom is -0.395 e. The summed E-state index contributed by atoms with van der Waals surface area (Å²) in [7, 11) is 0. The third-order valence-electron chi connectivity index (χ3n) is 4.21. The molecule has 3 nitrogen and oxygen atoms in total. The third kappa shape index (κ3) is 2.43. The molecule has 0 unspecified atom stereocenters. The predicted octanol–water partition coefficient (Wildman–Crippen LogP) is 3.09. The van der Waals surface area contributed by atoms with Gasteiger partial charge in [-0.25, -0.2) is 0 Å². The quantitative estimate of drug-likeness (QED) is 0.711. The van der Waals surface area contributed by atoms with Crippen molar-refractivity contribution in [3.05, 3.63) is 54.1 Å². The molecule has 3 aromatic carbocycles. The summed E-state index contributed by atoms with van der Waals surface area (Å²) in [6.45, 7) is 3.29. The van der Waals surface area contributed by atoms with Gasteiger partial charge in [0.05, 0.1) is 13.2 Å². The number of rotatable bonds is 5. The molecule has 2 N–H and O–H groups in total. The van der Waals surface area contributed by atoms with Gasteiger partial charge in [-0.05, 0) is 28.6 Å². The molecule has 0 heterocycles. The molecule has 114 valence electrons. The molecule has 0 radical (unpaired) electrons. The zero-order chi connectivity index (χ0) is 15.5. The van der Waals surface area contributed by atoms with Crippen molar-refractivity contribution >= 4 is 27.2 Å². The van der Waals surface area contributed by atoms with Crippen LogP contribution in [-0.2, 0) is 0 Å². The molecule has 3 rings (SSSR count). The minimum absolute atomic E-state index is 0.0700. The van der Waals surface area contributed by atoms with Crippen molar-refractivity contribution in [3.63, 3.8) is 0 Å². The summed E-state index contributed by atoms with van der Waals surface area (Å²) in [6.07, 6.45) is 0. The Morgan fingerprint density at radius 3 is 1.73 bits per heavy atom. The molecular weight excluding hydrogens is 274 g/mol. The maximum absolute atomic E-state index is 9.38. The monoisotopic (exact) mass is 295 g/mol. The number of benzene rings is 3. The molecule has 0 spiro atoms. The number of aliphatic hydroxyl groups is 2. The van der Waals surface area contributed by atoms with Gasteiger partial charge in [-0.2, -0.15) is 0 Å². The van der Waals surface area contributed by atoms with Crippen LogP contribution >= 0.6 is 0 Å². The minimum atomic E-state index is 0.0700. The number of fused-ring (bicyclic) bond motifs is 3. The number of nitrogens with zero attached hydrogens (tertiary/aromatic N) is 1. The van der Waals surface area contributed by atoms with Crippen LogP contribution in [0.5, 0.6) is 0 Å². The summed E-state index contributed by atoms with van der Waals surface area (Å²) in [4.78, 5) is 2.07. The van der Waals surface area contributed by atoms with Crippen molar-refractivity contribution in [3.8, 4) is 0 Å². The van der Waals surface area contributed by atoms with Crippen molar-refractivity contribution in [2.75, 3.05) is 31.2 Å². The third-order valence-corrected chi connectivity index (χ3v) is 4.21. The van der Waals surface area contributed by atoms with Crippen LogP contribution in [0.3, 0.4) is 0 Å². The molecular formula is C19H21NO2. The second-order valence-electron chi connectivity index (χ2n) is 5.50. The molecule has 22 heavy (non-hydrogen) atoms. The maximum atomic E-state index is 9.38. The Bertz CT molecular complexity index is 792. The van der Waals surface area contributed by atoms with Crippen molar-refractivity contribution in [2.24, 2.45) is 0 Å². The van der Waals surface area contributed by atoms with Crippen LogP contribution in [0.4, 0.5) is 5.69 Å². The van der Waals surface area contributed by atoms with Crippen LogP contribution in [0.25, 0.3) is 21.5 Å². The summed E-state index contributed by atoms with van der Waals surface area (Å²) in [6, 6.07) is 16.7. The molecule has 0 saturated carbocycles. The van der Waals surface area contributed by atoms with E-state index in [1.807, 2.05) is 6.07 Å². The molecule has 0 aromatic heterocycles. The van der Waals surface area contributed by atoms with Crippen molar-refractivity contribution in [1.82, 2.24) is 0 Å². The Kier molecular flexibility index (Phi) is 4.27. The highest BCUT2D eigenvalue weighted by molar-refractivity contribution is 6.15. The summed E-state index contributed by atoms with van der Waals surface area (Å²) in [5.74, 6) is 0. The van der Waals surface area contributed by atoms with Gasteiger partial charge in [0, 0.05) is 24.2 Å². The zero-order valence-corrected chi connectivity index (χ0v) is 12.8. The van der Waals surface area contributed by atoms with E-state index in [-0.39, 0.29) is 13.2 Å². The number of hydrogen-bond acceptors (Lipinski definition) is 3. The first-order valence-electron chi connectivity index (χ1n) is 7.64. The van der Waals surface area contributed by atoms with E-state index in [0.29, 0.717) is 13.1 Å². The molecule has 0 atom stereocenters. The highest BCUT2D eigenvalue weighted by Crippen LogP contribution is 2.37. The van der Waals surface area contributed by atoms with Crippen LogP contribution < -0.4 is 4.90 Å². The molecule has 0 bridgehead atoms. The summed E-state index contributed by atoms with van der Waals surface area (Å²) < 4.78 is 0. The smallest absolute Gasteiger partial charge is 0.0606 e. The number of hydrogen-bond donors (Lipinski definition) is 2. The largest absolute Gasteiger partial charge is 0.395 e. The van der Waals surface area contributed by atoms with E-state index in [1.54, 1.807) is 0 Å². The van der Waals surface area contributed by atoms with Gasteiger partial charge in [0.25, 0.3) is 0 Å². The fraction of sp³-hybridized carbons (Fsp3) is 0.263. The summed E-state index contributed by atoms with van der Waals surface area (Å²) in [5.41, 5.74) is 2.30. The Morgan fingerprint density at radius 2 is 1.18 bits per heavy atom. The second-order valence-corrected chi connectivity index (χ2v) is 5.50. The van der Waals surface area contributed by atoms with Crippen molar-refractivity contribution in [1.29, 1.82) is 0 Å². The number of aliphatic hydroxyl groups excluding tert-OH is 2. The first kappa shape index (κ1) is 14.8. The Morgan fingerprint density at radius 1 is 0.727 bits per heavy atom. The van der Waals surface area contributed by atoms with Crippen LogP contribution in [0.1, 0.15) is 5.56 Å². The Hall–Kier alpha value is -2.10. The van der Waals surface area contributed by atoms with Crippen molar-refractivity contribution < 1.29 is 10.2 Å². The topological polar surface area (TPSA) is 43.7 Å². The lowest BCUT2D eigenvalue weighted by Crippen LogP contribution is -2.30. The highest BCUT2D eigenvalue weighted by atomic mass is 16.3. The molecule has 3 heteroatoms. The standard InChI is InChI=1S/C19H21NO2/c1-14-15-6-2-3-7-16(15)17-8-4-5-9-18(17)19(14)20(10-12-21)11-13-22/h2-9,21-22H,10-13H2,1H3. The Balaban J connectivity index is 2.37. The number of anilines is 1. The molecule has 0 aliphatic heterocycles. The SMILES string of the molecule is Cc1c(N(CCO)CCO)c2ccccc2c2ccccc12. The van der Waals surface area contributed by atoms with Crippen LogP contribution in [0.2, 0.25) is 0 Å². The van der Waals surface area contributed by atoms with Gasteiger partial charge >= 0.3 is 0 Å². The van der Waals surface area contributed by atoms with Gasteiger partial charge < -0.3 is 15.1 Å². The van der Waals surface area contributed by atoms with Gasteiger partial charge in [0.2, 0.25) is 0 Å². The first-order valence-corrected chi connectivity index (χ1v) is 7.64. The summed E-state index contributed by atoms with van der Waals surface area (Å²) in [5, 5.41) is 23.6. The lowest BCUT2D eigenvalue weighted by Gasteiger charge is -2.27. The van der Waals surface area contributed by atoms with Gasteiger partial charge in [-0.15, -0.1) is 0 Å². The molecule has 0 amide bonds. The van der Waals surface area contributed by atoms with Gasteiger partial charge in [-0.3, -0.25) is 0 Å². The van der Waals surface area contributed by atoms with E-state index < -0.39 is 0 Å². The second kappa shape index (κ2) is 6.34. The highest BCUT2D eigenvalue weighted by Gasteiger charge is 2.16. The van der Waals surface area contributed by atoms with E-state index in [0.717, 1.165) is 5.69 Å². The molecule has 0 fully saturated rings. The molecule has 3 aromatic rings. The normalized spacial score (nSPS) is 11.2.